The van der Waals surface area contributed by atoms with E-state index in [4.69, 9.17) is 0 Å². The molecule has 9 heavy (non-hydrogen) atoms. The maximum Gasteiger partial charge on any atom is 0.0202 e. The summed E-state index contributed by atoms with van der Waals surface area (Å²) in [6.45, 7) is 6.57. The van der Waals surface area contributed by atoms with E-state index in [0.717, 1.165) is 0 Å². The molecule has 0 rings (SSSR count). The fraction of sp³-hybridized carbons (Fsp3) is 1.00. The van der Waals surface area contributed by atoms with Gasteiger partial charge in [0.1, 0.15) is 0 Å². The SMILES string of the molecule is CC(Br)CCC(C)(C)Br. The van der Waals surface area contributed by atoms with Gasteiger partial charge >= 0.3 is 0 Å². The third-order valence-corrected chi connectivity index (χ3v) is 1.99. The number of alkyl halides is 2. The van der Waals surface area contributed by atoms with Crippen LogP contribution in [0.2, 0.25) is 0 Å². The van der Waals surface area contributed by atoms with Crippen LogP contribution in [0.5, 0.6) is 0 Å². The number of hydrogen-bond acceptors (Lipinski definition) is 0. The summed E-state index contributed by atoms with van der Waals surface area (Å²) in [5, 5.41) is 0. The van der Waals surface area contributed by atoms with Gasteiger partial charge in [-0.2, -0.15) is 0 Å². The van der Waals surface area contributed by atoms with Crippen LogP contribution in [0.25, 0.3) is 0 Å². The van der Waals surface area contributed by atoms with Crippen molar-refractivity contribution in [2.24, 2.45) is 0 Å². The molecule has 0 aliphatic carbocycles. The average molecular weight is 258 g/mol. The molecular weight excluding hydrogens is 244 g/mol. The minimum atomic E-state index is 0.315. The Morgan fingerprint density at radius 2 is 1.89 bits per heavy atom. The van der Waals surface area contributed by atoms with E-state index in [1.54, 1.807) is 0 Å². The summed E-state index contributed by atoms with van der Waals surface area (Å²) in [6.07, 6.45) is 2.46. The van der Waals surface area contributed by atoms with Gasteiger partial charge in [-0.25, -0.2) is 0 Å². The zero-order chi connectivity index (χ0) is 7.49. The number of rotatable bonds is 3. The van der Waals surface area contributed by atoms with Gasteiger partial charge in [0.05, 0.1) is 0 Å². The second kappa shape index (κ2) is 3.97. The van der Waals surface area contributed by atoms with Gasteiger partial charge in [-0.1, -0.05) is 52.6 Å². The summed E-state index contributed by atoms with van der Waals surface area (Å²) in [5.74, 6) is 0. The summed E-state index contributed by atoms with van der Waals surface area (Å²) < 4.78 is 0.315. The molecule has 0 amide bonds. The molecule has 0 N–H and O–H groups in total. The van der Waals surface area contributed by atoms with Gasteiger partial charge in [-0.3, -0.25) is 0 Å². The van der Waals surface area contributed by atoms with Crippen LogP contribution >= 0.6 is 31.9 Å². The highest BCUT2D eigenvalue weighted by atomic mass is 79.9. The molecule has 0 spiro atoms. The molecule has 0 heterocycles. The van der Waals surface area contributed by atoms with Crippen LogP contribution in [0.3, 0.4) is 0 Å². The smallest absolute Gasteiger partial charge is 0.0202 e. The van der Waals surface area contributed by atoms with E-state index in [2.05, 4.69) is 52.6 Å². The van der Waals surface area contributed by atoms with E-state index in [1.807, 2.05) is 0 Å². The Morgan fingerprint density at radius 1 is 1.44 bits per heavy atom. The van der Waals surface area contributed by atoms with Crippen LogP contribution in [0, 0.1) is 0 Å². The van der Waals surface area contributed by atoms with Crippen molar-refractivity contribution in [3.05, 3.63) is 0 Å². The van der Waals surface area contributed by atoms with Crippen LogP contribution in [0.1, 0.15) is 33.6 Å². The Hall–Kier alpha value is 0.960. The number of halogens is 2. The van der Waals surface area contributed by atoms with Crippen molar-refractivity contribution in [1.29, 1.82) is 0 Å². The quantitative estimate of drug-likeness (QED) is 0.676. The predicted octanol–water partition coefficient (Wildman–Crippen LogP) is 3.72. The molecule has 0 aromatic heterocycles. The average Bonchev–Trinajstić information content (AvgIpc) is 1.59. The van der Waals surface area contributed by atoms with Gasteiger partial charge < -0.3 is 0 Å². The molecule has 0 saturated heterocycles. The molecule has 0 bridgehead atoms. The van der Waals surface area contributed by atoms with Crippen LogP contribution in [0.4, 0.5) is 0 Å². The van der Waals surface area contributed by atoms with Gasteiger partial charge in [0, 0.05) is 9.15 Å². The lowest BCUT2D eigenvalue weighted by molar-refractivity contribution is 0.614. The molecule has 2 heteroatoms. The van der Waals surface area contributed by atoms with Gasteiger partial charge in [0.25, 0.3) is 0 Å². The first kappa shape index (κ1) is 9.96. The monoisotopic (exact) mass is 256 g/mol. The largest absolute Gasteiger partial charge is 0.0894 e. The molecule has 0 aromatic carbocycles. The first-order chi connectivity index (χ1) is 3.92. The lowest BCUT2D eigenvalue weighted by Gasteiger charge is -2.16. The first-order valence-corrected chi connectivity index (χ1v) is 4.96. The van der Waals surface area contributed by atoms with E-state index in [9.17, 15) is 0 Å². The van der Waals surface area contributed by atoms with Crippen molar-refractivity contribution in [1.82, 2.24) is 0 Å². The molecule has 0 fully saturated rings. The van der Waals surface area contributed by atoms with Gasteiger partial charge in [-0.05, 0) is 12.8 Å². The third-order valence-electron chi connectivity index (χ3n) is 1.14. The summed E-state index contributed by atoms with van der Waals surface area (Å²) in [7, 11) is 0. The lowest BCUT2D eigenvalue weighted by Crippen LogP contribution is -2.10. The zero-order valence-corrected chi connectivity index (χ0v) is 9.42. The van der Waals surface area contributed by atoms with E-state index in [1.165, 1.54) is 12.8 Å². The Labute approximate surface area is 74.7 Å². The van der Waals surface area contributed by atoms with Gasteiger partial charge in [-0.15, -0.1) is 0 Å². The summed E-state index contributed by atoms with van der Waals surface area (Å²) in [6, 6.07) is 0. The van der Waals surface area contributed by atoms with Crippen LogP contribution in [-0.4, -0.2) is 9.15 Å². The van der Waals surface area contributed by atoms with E-state index in [0.29, 0.717) is 9.15 Å². The highest BCUT2D eigenvalue weighted by Crippen LogP contribution is 2.24. The fourth-order valence-corrected chi connectivity index (χ4v) is 1.000. The second-order valence-electron chi connectivity index (χ2n) is 3.04. The first-order valence-electron chi connectivity index (χ1n) is 3.25. The van der Waals surface area contributed by atoms with Crippen LogP contribution < -0.4 is 0 Å². The Morgan fingerprint density at radius 3 is 2.00 bits per heavy atom. The Balaban J connectivity index is 3.28. The van der Waals surface area contributed by atoms with E-state index < -0.39 is 0 Å². The van der Waals surface area contributed by atoms with Crippen molar-refractivity contribution in [3.63, 3.8) is 0 Å². The van der Waals surface area contributed by atoms with Crippen molar-refractivity contribution in [3.8, 4) is 0 Å². The molecule has 0 aromatic rings. The molecule has 0 aliphatic heterocycles. The minimum absolute atomic E-state index is 0.315. The van der Waals surface area contributed by atoms with Crippen LogP contribution in [0.15, 0.2) is 0 Å². The summed E-state index contributed by atoms with van der Waals surface area (Å²) in [5.41, 5.74) is 0. The van der Waals surface area contributed by atoms with Gasteiger partial charge in [0.2, 0.25) is 0 Å². The maximum absolute atomic E-state index is 3.59. The highest BCUT2D eigenvalue weighted by Gasteiger charge is 2.12. The van der Waals surface area contributed by atoms with E-state index >= 15 is 0 Å². The number of hydrogen-bond donors (Lipinski definition) is 0. The highest BCUT2D eigenvalue weighted by molar-refractivity contribution is 9.10. The molecule has 0 nitrogen and oxygen atoms in total. The maximum atomic E-state index is 3.59. The fourth-order valence-electron chi connectivity index (χ4n) is 0.542. The summed E-state index contributed by atoms with van der Waals surface area (Å²) >= 11 is 7.09. The van der Waals surface area contributed by atoms with Crippen molar-refractivity contribution >= 4 is 31.9 Å². The minimum Gasteiger partial charge on any atom is -0.0894 e. The molecular formula is C7H14Br2. The molecule has 1 atom stereocenters. The third kappa shape index (κ3) is 8.96. The zero-order valence-electron chi connectivity index (χ0n) is 6.25. The predicted molar refractivity (Wildman–Crippen MR) is 50.6 cm³/mol. The topological polar surface area (TPSA) is 0 Å². The standard InChI is InChI=1S/C7H14Br2/c1-6(8)4-5-7(2,3)9/h6H,4-5H2,1-3H3. The van der Waals surface area contributed by atoms with Crippen molar-refractivity contribution in [2.45, 2.75) is 42.8 Å². The van der Waals surface area contributed by atoms with Gasteiger partial charge in [0.15, 0.2) is 0 Å². The molecule has 0 saturated carbocycles. The molecule has 56 valence electrons. The molecule has 0 aliphatic rings. The summed E-state index contributed by atoms with van der Waals surface area (Å²) in [4.78, 5) is 0.648. The lowest BCUT2D eigenvalue weighted by atomic mass is 10.1. The molecule has 0 radical (unpaired) electrons. The van der Waals surface area contributed by atoms with Crippen LogP contribution in [-0.2, 0) is 0 Å². The second-order valence-corrected chi connectivity index (χ2v) is 6.75. The Bertz CT molecular complexity index is 71.5. The Kier molecular flexibility index (Phi) is 4.39. The van der Waals surface area contributed by atoms with E-state index in [-0.39, 0.29) is 0 Å². The normalized spacial score (nSPS) is 15.7. The molecule has 1 unspecified atom stereocenters. The van der Waals surface area contributed by atoms with Crippen molar-refractivity contribution < 1.29 is 0 Å². The van der Waals surface area contributed by atoms with Crippen molar-refractivity contribution in [2.75, 3.05) is 0 Å².